The number of nitrogens with one attached hydrogen (secondary N) is 1. The Morgan fingerprint density at radius 2 is 1.55 bits per heavy atom. The van der Waals surface area contributed by atoms with E-state index in [1.165, 1.54) is 5.56 Å². The highest BCUT2D eigenvalue weighted by Crippen LogP contribution is 2.24. The van der Waals surface area contributed by atoms with Crippen molar-refractivity contribution in [3.63, 3.8) is 0 Å². The Hall–Kier alpha value is -3.11. The van der Waals surface area contributed by atoms with Crippen LogP contribution >= 0.6 is 11.6 Å². The fraction of sp³-hybridized carbons (Fsp3) is 0.394. The van der Waals surface area contributed by atoms with Crippen LogP contribution < -0.4 is 5.32 Å². The lowest BCUT2D eigenvalue weighted by atomic mass is 9.86. The van der Waals surface area contributed by atoms with E-state index >= 15 is 0 Å². The molecule has 202 valence electrons. The van der Waals surface area contributed by atoms with Gasteiger partial charge in [-0.2, -0.15) is 0 Å². The fourth-order valence-corrected chi connectivity index (χ4v) is 4.63. The molecule has 0 aliphatic carbocycles. The van der Waals surface area contributed by atoms with Gasteiger partial charge in [0, 0.05) is 31.0 Å². The number of nitrogens with zero attached hydrogens (tertiary/aromatic N) is 1. The standard InChI is InChI=1S/C33H41ClN2O2/c1-5-6-22-35-32(38)30(23-26-12-8-7-9-13-26)36(24-27-14-10-11-15-29(27)34)31(37)21-18-25-16-19-28(20-17-25)33(2,3)4/h7-17,19-20,30H,5-6,18,21-24H2,1-4H3,(H,35,38)/t30-/m0/s1. The third kappa shape index (κ3) is 8.73. The minimum atomic E-state index is -0.638. The first-order valence-corrected chi connectivity index (χ1v) is 14.0. The number of carbonyl (C=O) groups excluding carboxylic acids is 2. The molecule has 0 aromatic heterocycles. The second-order valence-electron chi connectivity index (χ2n) is 10.9. The van der Waals surface area contributed by atoms with Gasteiger partial charge in [-0.15, -0.1) is 0 Å². The first kappa shape index (κ1) is 29.4. The molecule has 0 bridgehead atoms. The van der Waals surface area contributed by atoms with Gasteiger partial charge in [-0.05, 0) is 46.6 Å². The van der Waals surface area contributed by atoms with E-state index in [1.54, 1.807) is 4.90 Å². The van der Waals surface area contributed by atoms with Crippen molar-refractivity contribution in [2.24, 2.45) is 0 Å². The summed E-state index contributed by atoms with van der Waals surface area (Å²) in [6.07, 6.45) is 3.24. The molecule has 3 rings (SSSR count). The van der Waals surface area contributed by atoms with Gasteiger partial charge in [-0.25, -0.2) is 0 Å². The summed E-state index contributed by atoms with van der Waals surface area (Å²) in [7, 11) is 0. The van der Waals surface area contributed by atoms with Crippen molar-refractivity contribution in [2.75, 3.05) is 6.54 Å². The third-order valence-electron chi connectivity index (χ3n) is 6.85. The van der Waals surface area contributed by atoms with Crippen LogP contribution in [0, 0.1) is 0 Å². The highest BCUT2D eigenvalue weighted by atomic mass is 35.5. The van der Waals surface area contributed by atoms with E-state index in [2.05, 4.69) is 57.3 Å². The molecule has 0 aliphatic rings. The van der Waals surface area contributed by atoms with Gasteiger partial charge < -0.3 is 10.2 Å². The summed E-state index contributed by atoms with van der Waals surface area (Å²) in [5, 5.41) is 3.66. The summed E-state index contributed by atoms with van der Waals surface area (Å²) >= 11 is 6.51. The Balaban J connectivity index is 1.87. The van der Waals surface area contributed by atoms with Gasteiger partial charge in [0.2, 0.25) is 11.8 Å². The number of hydrogen-bond acceptors (Lipinski definition) is 2. The fourth-order valence-electron chi connectivity index (χ4n) is 4.44. The number of aryl methyl sites for hydroxylation is 1. The van der Waals surface area contributed by atoms with Crippen molar-refractivity contribution in [1.82, 2.24) is 10.2 Å². The van der Waals surface area contributed by atoms with Crippen LogP contribution in [0.5, 0.6) is 0 Å². The zero-order valence-corrected chi connectivity index (χ0v) is 23.9. The minimum absolute atomic E-state index is 0.0589. The van der Waals surface area contributed by atoms with Crippen LogP contribution in [0.2, 0.25) is 5.02 Å². The lowest BCUT2D eigenvalue weighted by Crippen LogP contribution is -2.50. The van der Waals surface area contributed by atoms with E-state index in [4.69, 9.17) is 11.6 Å². The van der Waals surface area contributed by atoms with Gasteiger partial charge in [-0.3, -0.25) is 9.59 Å². The average Bonchev–Trinajstić information content (AvgIpc) is 2.90. The Bertz CT molecular complexity index is 1170. The molecule has 4 nitrogen and oxygen atoms in total. The summed E-state index contributed by atoms with van der Waals surface area (Å²) in [6, 6.07) is 25.3. The molecule has 0 fully saturated rings. The van der Waals surface area contributed by atoms with Crippen LogP contribution in [-0.4, -0.2) is 29.3 Å². The quantitative estimate of drug-likeness (QED) is 0.252. The molecule has 0 heterocycles. The largest absolute Gasteiger partial charge is 0.354 e. The molecule has 0 saturated carbocycles. The minimum Gasteiger partial charge on any atom is -0.354 e. The molecule has 0 radical (unpaired) electrons. The van der Waals surface area contributed by atoms with E-state index in [1.807, 2.05) is 54.6 Å². The van der Waals surface area contributed by atoms with Crippen LogP contribution in [0.15, 0.2) is 78.9 Å². The predicted octanol–water partition coefficient (Wildman–Crippen LogP) is 7.13. The maximum atomic E-state index is 13.8. The van der Waals surface area contributed by atoms with E-state index in [0.29, 0.717) is 30.8 Å². The van der Waals surface area contributed by atoms with Gasteiger partial charge in [-0.1, -0.05) is 119 Å². The van der Waals surface area contributed by atoms with Crippen molar-refractivity contribution in [1.29, 1.82) is 0 Å². The molecule has 0 spiro atoms. The second kappa shape index (κ2) is 14.2. The lowest BCUT2D eigenvalue weighted by molar-refractivity contribution is -0.141. The number of unbranched alkanes of at least 4 members (excludes halogenated alkanes) is 1. The van der Waals surface area contributed by atoms with Crippen LogP contribution in [0.3, 0.4) is 0 Å². The Kier molecular flexibility index (Phi) is 11.0. The molecule has 3 aromatic carbocycles. The van der Waals surface area contributed by atoms with E-state index in [-0.39, 0.29) is 23.8 Å². The highest BCUT2D eigenvalue weighted by molar-refractivity contribution is 6.31. The van der Waals surface area contributed by atoms with Crippen LogP contribution in [-0.2, 0) is 34.4 Å². The van der Waals surface area contributed by atoms with Crippen LogP contribution in [0.25, 0.3) is 0 Å². The average molecular weight is 533 g/mol. The Labute approximate surface area is 233 Å². The summed E-state index contributed by atoms with van der Waals surface area (Å²) in [4.78, 5) is 29.1. The first-order chi connectivity index (χ1) is 18.2. The normalized spacial score (nSPS) is 12.1. The van der Waals surface area contributed by atoms with E-state index in [0.717, 1.165) is 29.5 Å². The lowest BCUT2D eigenvalue weighted by Gasteiger charge is -2.32. The summed E-state index contributed by atoms with van der Waals surface area (Å²) in [5.74, 6) is -0.186. The molecular formula is C33H41ClN2O2. The van der Waals surface area contributed by atoms with Crippen molar-refractivity contribution in [3.05, 3.63) is 106 Å². The monoisotopic (exact) mass is 532 g/mol. The first-order valence-electron chi connectivity index (χ1n) is 13.6. The van der Waals surface area contributed by atoms with Crippen molar-refractivity contribution >= 4 is 23.4 Å². The van der Waals surface area contributed by atoms with Crippen LogP contribution in [0.1, 0.15) is 69.2 Å². The predicted molar refractivity (Wildman–Crippen MR) is 157 cm³/mol. The molecule has 3 aromatic rings. The van der Waals surface area contributed by atoms with E-state index < -0.39 is 6.04 Å². The van der Waals surface area contributed by atoms with Crippen molar-refractivity contribution in [2.45, 2.75) is 77.8 Å². The second-order valence-corrected chi connectivity index (χ2v) is 11.3. The van der Waals surface area contributed by atoms with Crippen LogP contribution in [0.4, 0.5) is 0 Å². The van der Waals surface area contributed by atoms with Gasteiger partial charge in [0.1, 0.15) is 6.04 Å². The van der Waals surface area contributed by atoms with Crippen molar-refractivity contribution < 1.29 is 9.59 Å². The van der Waals surface area contributed by atoms with Gasteiger partial charge in [0.25, 0.3) is 0 Å². The zero-order chi connectivity index (χ0) is 27.5. The number of benzene rings is 3. The number of halogens is 1. The van der Waals surface area contributed by atoms with Gasteiger partial charge in [0.15, 0.2) is 0 Å². The highest BCUT2D eigenvalue weighted by Gasteiger charge is 2.30. The molecule has 1 N–H and O–H groups in total. The summed E-state index contributed by atoms with van der Waals surface area (Å²) < 4.78 is 0. The number of carbonyl (C=O) groups is 2. The molecule has 0 unspecified atom stereocenters. The molecule has 2 amide bonds. The van der Waals surface area contributed by atoms with Gasteiger partial charge in [0.05, 0.1) is 0 Å². The maximum Gasteiger partial charge on any atom is 0.243 e. The zero-order valence-electron chi connectivity index (χ0n) is 23.2. The summed E-state index contributed by atoms with van der Waals surface area (Å²) in [5.41, 5.74) is 4.29. The molecular weight excluding hydrogens is 492 g/mol. The maximum absolute atomic E-state index is 13.8. The molecule has 0 aliphatic heterocycles. The van der Waals surface area contributed by atoms with Gasteiger partial charge >= 0.3 is 0 Å². The molecule has 38 heavy (non-hydrogen) atoms. The summed E-state index contributed by atoms with van der Waals surface area (Å²) in [6.45, 7) is 9.54. The van der Waals surface area contributed by atoms with E-state index in [9.17, 15) is 9.59 Å². The van der Waals surface area contributed by atoms with Crippen molar-refractivity contribution in [3.8, 4) is 0 Å². The topological polar surface area (TPSA) is 49.4 Å². The number of rotatable bonds is 12. The number of hydrogen-bond donors (Lipinski definition) is 1. The molecule has 5 heteroatoms. The molecule has 0 saturated heterocycles. The Morgan fingerprint density at radius 3 is 2.18 bits per heavy atom. The smallest absolute Gasteiger partial charge is 0.243 e. The SMILES string of the molecule is CCCCNC(=O)[C@H](Cc1ccccc1)N(Cc1ccccc1Cl)C(=O)CCc1ccc(C(C)(C)C)cc1. The Morgan fingerprint density at radius 1 is 0.895 bits per heavy atom. The third-order valence-corrected chi connectivity index (χ3v) is 7.22. The molecule has 1 atom stereocenters. The number of amides is 2.